The van der Waals surface area contributed by atoms with Crippen LogP contribution in [0.4, 0.5) is 5.69 Å². The zero-order chi connectivity index (χ0) is 17.3. The Morgan fingerprint density at radius 2 is 2.12 bits per heavy atom. The number of hydrogen-bond donors (Lipinski definition) is 0. The molecule has 8 heteroatoms. The summed E-state index contributed by atoms with van der Waals surface area (Å²) in [4.78, 5) is 27.6. The van der Waals surface area contributed by atoms with E-state index in [1.807, 2.05) is 17.6 Å². The van der Waals surface area contributed by atoms with Crippen LogP contribution in [0.1, 0.15) is 17.3 Å². The molecular weight excluding hydrogens is 394 g/mol. The van der Waals surface area contributed by atoms with Gasteiger partial charge in [0.25, 0.3) is 11.6 Å². The summed E-state index contributed by atoms with van der Waals surface area (Å²) >= 11 is 4.67. The number of halogens is 1. The van der Waals surface area contributed by atoms with Crippen LogP contribution < -0.4 is 4.80 Å². The molecule has 0 radical (unpaired) electrons. The third-order valence-corrected chi connectivity index (χ3v) is 5.01. The topological polar surface area (TPSA) is 77.5 Å². The van der Waals surface area contributed by atoms with Crippen LogP contribution in [-0.4, -0.2) is 15.4 Å². The van der Waals surface area contributed by atoms with E-state index in [4.69, 9.17) is 0 Å². The van der Waals surface area contributed by atoms with Gasteiger partial charge in [0.1, 0.15) is 0 Å². The van der Waals surface area contributed by atoms with Crippen molar-refractivity contribution < 1.29 is 9.72 Å². The van der Waals surface area contributed by atoms with E-state index in [1.165, 1.54) is 23.5 Å². The summed E-state index contributed by atoms with van der Waals surface area (Å²) < 4.78 is 3.46. The molecule has 0 aliphatic heterocycles. The van der Waals surface area contributed by atoms with Crippen LogP contribution in [0.3, 0.4) is 0 Å². The highest BCUT2D eigenvalue weighted by molar-refractivity contribution is 9.10. The van der Waals surface area contributed by atoms with Crippen LogP contribution in [-0.2, 0) is 6.54 Å². The molecule has 1 heterocycles. The first-order chi connectivity index (χ1) is 11.5. The van der Waals surface area contributed by atoms with Crippen LogP contribution in [0, 0.1) is 10.1 Å². The van der Waals surface area contributed by atoms with Crippen molar-refractivity contribution in [2.75, 3.05) is 0 Å². The largest absolute Gasteiger partial charge is 0.316 e. The lowest BCUT2D eigenvalue weighted by Crippen LogP contribution is -2.15. The fourth-order valence-electron chi connectivity index (χ4n) is 2.33. The van der Waals surface area contributed by atoms with Crippen molar-refractivity contribution in [1.82, 2.24) is 4.57 Å². The number of aryl methyl sites for hydroxylation is 1. The highest BCUT2D eigenvalue weighted by Crippen LogP contribution is 2.23. The van der Waals surface area contributed by atoms with Gasteiger partial charge in [-0.05, 0) is 31.2 Å². The molecule has 6 nitrogen and oxygen atoms in total. The van der Waals surface area contributed by atoms with Crippen molar-refractivity contribution in [3.63, 3.8) is 0 Å². The van der Waals surface area contributed by atoms with Crippen molar-refractivity contribution in [3.05, 3.63) is 67.4 Å². The maximum Gasteiger partial charge on any atom is 0.279 e. The van der Waals surface area contributed by atoms with Crippen LogP contribution >= 0.6 is 27.3 Å². The molecule has 0 bridgehead atoms. The molecule has 122 valence electrons. The Morgan fingerprint density at radius 1 is 1.33 bits per heavy atom. The van der Waals surface area contributed by atoms with Gasteiger partial charge in [0, 0.05) is 28.7 Å². The summed E-state index contributed by atoms with van der Waals surface area (Å²) in [7, 11) is 0. The number of benzene rings is 2. The fourth-order valence-corrected chi connectivity index (χ4v) is 3.81. The molecule has 1 amide bonds. The number of rotatable bonds is 3. The number of aromatic nitrogens is 1. The number of carbonyl (C=O) groups excluding carboxylic acids is 1. The highest BCUT2D eigenvalue weighted by atomic mass is 79.9. The molecular formula is C16H12BrN3O3S. The Labute approximate surface area is 149 Å². The molecule has 24 heavy (non-hydrogen) atoms. The molecule has 0 fully saturated rings. The van der Waals surface area contributed by atoms with Gasteiger partial charge in [-0.15, -0.1) is 0 Å². The lowest BCUT2D eigenvalue weighted by Gasteiger charge is -2.00. The van der Waals surface area contributed by atoms with E-state index in [0.29, 0.717) is 22.4 Å². The normalized spacial score (nSPS) is 11.8. The van der Waals surface area contributed by atoms with Gasteiger partial charge in [0.05, 0.1) is 15.1 Å². The Balaban J connectivity index is 2.15. The smallest absolute Gasteiger partial charge is 0.279 e. The summed E-state index contributed by atoms with van der Waals surface area (Å²) in [6.07, 6.45) is 0. The molecule has 0 aliphatic carbocycles. The molecule has 0 saturated heterocycles. The van der Waals surface area contributed by atoms with Gasteiger partial charge >= 0.3 is 0 Å². The molecule has 2 aromatic carbocycles. The van der Waals surface area contributed by atoms with Crippen LogP contribution in [0.25, 0.3) is 10.2 Å². The molecule has 0 saturated carbocycles. The predicted molar refractivity (Wildman–Crippen MR) is 96.2 cm³/mol. The minimum atomic E-state index is -0.430. The molecule has 1 aromatic heterocycles. The van der Waals surface area contributed by atoms with Crippen molar-refractivity contribution in [2.24, 2.45) is 4.99 Å². The standard InChI is InChI=1S/C16H12BrN3O3S/c1-2-19-13-9-12(20(22)23)6-7-14(13)24-16(19)18-15(21)10-4-3-5-11(17)8-10/h3-9H,2H2,1H3. The molecule has 0 aliphatic rings. The Kier molecular flexibility index (Phi) is 4.59. The van der Waals surface area contributed by atoms with Crippen LogP contribution in [0.2, 0.25) is 0 Å². The monoisotopic (exact) mass is 405 g/mol. The zero-order valence-electron chi connectivity index (χ0n) is 12.6. The maximum absolute atomic E-state index is 12.4. The van der Waals surface area contributed by atoms with E-state index in [9.17, 15) is 14.9 Å². The van der Waals surface area contributed by atoms with Gasteiger partial charge in [-0.25, -0.2) is 0 Å². The summed E-state index contributed by atoms with van der Waals surface area (Å²) in [6, 6.07) is 11.7. The van der Waals surface area contributed by atoms with Gasteiger partial charge in [0.2, 0.25) is 0 Å². The van der Waals surface area contributed by atoms with E-state index < -0.39 is 4.92 Å². The molecule has 3 aromatic rings. The van der Waals surface area contributed by atoms with Crippen molar-refractivity contribution >= 4 is 49.1 Å². The van der Waals surface area contributed by atoms with Gasteiger partial charge < -0.3 is 4.57 Å². The van der Waals surface area contributed by atoms with Crippen molar-refractivity contribution in [2.45, 2.75) is 13.5 Å². The van der Waals surface area contributed by atoms with Gasteiger partial charge in [-0.1, -0.05) is 33.3 Å². The number of non-ortho nitro benzene ring substituents is 1. The summed E-state index contributed by atoms with van der Waals surface area (Å²) in [5.41, 5.74) is 1.21. The third-order valence-electron chi connectivity index (χ3n) is 3.46. The Bertz CT molecular complexity index is 1020. The third kappa shape index (κ3) is 3.15. The highest BCUT2D eigenvalue weighted by Gasteiger charge is 2.12. The second kappa shape index (κ2) is 6.66. The van der Waals surface area contributed by atoms with E-state index in [-0.39, 0.29) is 11.6 Å². The second-order valence-corrected chi connectivity index (χ2v) is 6.89. The number of hydrogen-bond acceptors (Lipinski definition) is 4. The van der Waals surface area contributed by atoms with E-state index in [2.05, 4.69) is 20.9 Å². The van der Waals surface area contributed by atoms with Crippen LogP contribution in [0.15, 0.2) is 51.9 Å². The number of fused-ring (bicyclic) bond motifs is 1. The van der Waals surface area contributed by atoms with E-state index in [0.717, 1.165) is 9.17 Å². The van der Waals surface area contributed by atoms with E-state index in [1.54, 1.807) is 24.3 Å². The van der Waals surface area contributed by atoms with Gasteiger partial charge in [-0.3, -0.25) is 14.9 Å². The van der Waals surface area contributed by atoms with Crippen molar-refractivity contribution in [3.8, 4) is 0 Å². The SMILES string of the molecule is CCn1c(=NC(=O)c2cccc(Br)c2)sc2ccc([N+](=O)[O-])cc21. The molecule has 0 atom stereocenters. The van der Waals surface area contributed by atoms with Gasteiger partial charge in [0.15, 0.2) is 4.80 Å². The molecule has 3 rings (SSSR count). The fraction of sp³-hybridized carbons (Fsp3) is 0.125. The Hall–Kier alpha value is -2.32. The molecule has 0 unspecified atom stereocenters. The number of nitro groups is 1. The quantitative estimate of drug-likeness (QED) is 0.485. The average Bonchev–Trinajstić information content (AvgIpc) is 2.90. The molecule has 0 spiro atoms. The molecule has 0 N–H and O–H groups in total. The lowest BCUT2D eigenvalue weighted by atomic mass is 10.2. The van der Waals surface area contributed by atoms with Gasteiger partial charge in [-0.2, -0.15) is 4.99 Å². The zero-order valence-corrected chi connectivity index (χ0v) is 15.0. The first kappa shape index (κ1) is 16.5. The lowest BCUT2D eigenvalue weighted by molar-refractivity contribution is -0.384. The number of carbonyl (C=O) groups is 1. The predicted octanol–water partition coefficient (Wildman–Crippen LogP) is 4.13. The Morgan fingerprint density at radius 3 is 2.79 bits per heavy atom. The first-order valence-electron chi connectivity index (χ1n) is 7.12. The number of nitro benzene ring substituents is 1. The minimum absolute atomic E-state index is 0.0207. The van der Waals surface area contributed by atoms with Crippen LogP contribution in [0.5, 0.6) is 0 Å². The average molecular weight is 406 g/mol. The summed E-state index contributed by atoms with van der Waals surface area (Å²) in [5, 5.41) is 11.0. The number of nitrogens with zero attached hydrogens (tertiary/aromatic N) is 3. The second-order valence-electron chi connectivity index (χ2n) is 4.97. The summed E-state index contributed by atoms with van der Waals surface area (Å²) in [6.45, 7) is 2.47. The first-order valence-corrected chi connectivity index (χ1v) is 8.73. The maximum atomic E-state index is 12.4. The number of thiazole rings is 1. The van der Waals surface area contributed by atoms with Crippen molar-refractivity contribution in [1.29, 1.82) is 0 Å². The minimum Gasteiger partial charge on any atom is -0.316 e. The van der Waals surface area contributed by atoms with E-state index >= 15 is 0 Å². The number of amides is 1. The summed E-state index contributed by atoms with van der Waals surface area (Å²) in [5.74, 6) is -0.348.